The summed E-state index contributed by atoms with van der Waals surface area (Å²) in [7, 11) is 8.77. The van der Waals surface area contributed by atoms with Crippen LogP contribution in [0.5, 0.6) is 17.2 Å². The number of aromatic nitrogens is 3. The molecule has 2 aliphatic rings. The minimum absolute atomic E-state index is 0.0475. The molecule has 9 heteroatoms. The van der Waals surface area contributed by atoms with E-state index >= 15 is 0 Å². The minimum atomic E-state index is -0.326. The number of methoxy groups -OCH3 is 3. The van der Waals surface area contributed by atoms with E-state index < -0.39 is 0 Å². The van der Waals surface area contributed by atoms with Gasteiger partial charge in [-0.25, -0.2) is 4.68 Å². The Hall–Kier alpha value is -4.01. The van der Waals surface area contributed by atoms with Gasteiger partial charge in [-0.05, 0) is 47.7 Å². The molecule has 1 aliphatic carbocycles. The maximum atomic E-state index is 13.7. The molecule has 0 fully saturated rings. The molecule has 1 aliphatic heterocycles. The second kappa shape index (κ2) is 8.98. The maximum absolute atomic E-state index is 13.7. The highest BCUT2D eigenvalue weighted by Crippen LogP contribution is 2.47. The van der Waals surface area contributed by atoms with E-state index in [2.05, 4.69) is 39.7 Å². The fraction of sp³-hybridized carbons (Fsp3) is 0.346. The van der Waals surface area contributed by atoms with Crippen LogP contribution >= 0.6 is 0 Å². The van der Waals surface area contributed by atoms with Gasteiger partial charge in [0.25, 0.3) is 0 Å². The van der Waals surface area contributed by atoms with Gasteiger partial charge in [0.1, 0.15) is 12.4 Å². The SMILES string of the molecule is COc1cc([C@@H]2CC(=O)C3=C(C2)Nc2ncnn2[C@H]3c2ccc(N(C)C)cc2)cc(OC)c1OC. The summed E-state index contributed by atoms with van der Waals surface area (Å²) in [6.07, 6.45) is 2.54. The van der Waals surface area contributed by atoms with Crippen LogP contribution in [0.1, 0.15) is 35.9 Å². The molecule has 9 nitrogen and oxygen atoms in total. The van der Waals surface area contributed by atoms with E-state index in [4.69, 9.17) is 14.2 Å². The molecular weight excluding hydrogens is 446 g/mol. The van der Waals surface area contributed by atoms with Gasteiger partial charge in [0.15, 0.2) is 17.3 Å². The Morgan fingerprint density at radius 1 is 0.971 bits per heavy atom. The molecular formula is C26H29N5O4. The summed E-state index contributed by atoms with van der Waals surface area (Å²) in [6.45, 7) is 0. The van der Waals surface area contributed by atoms with Gasteiger partial charge in [-0.1, -0.05) is 12.1 Å². The molecule has 3 aromatic rings. The van der Waals surface area contributed by atoms with Crippen molar-refractivity contribution in [2.75, 3.05) is 45.6 Å². The largest absolute Gasteiger partial charge is 0.493 e. The number of carbonyl (C=O) groups excluding carboxylic acids is 1. The van der Waals surface area contributed by atoms with E-state index in [1.807, 2.05) is 31.1 Å². The predicted molar refractivity (Wildman–Crippen MR) is 133 cm³/mol. The van der Waals surface area contributed by atoms with Crippen molar-refractivity contribution in [3.63, 3.8) is 0 Å². The van der Waals surface area contributed by atoms with E-state index in [9.17, 15) is 4.79 Å². The van der Waals surface area contributed by atoms with Crippen molar-refractivity contribution in [3.05, 3.63) is 65.1 Å². The highest BCUT2D eigenvalue weighted by Gasteiger charge is 2.39. The van der Waals surface area contributed by atoms with Crippen LogP contribution in [0.3, 0.4) is 0 Å². The number of ether oxygens (including phenoxy) is 3. The summed E-state index contributed by atoms with van der Waals surface area (Å²) < 4.78 is 18.3. The second-order valence-electron chi connectivity index (χ2n) is 8.92. The van der Waals surface area contributed by atoms with Crippen LogP contribution in [0.2, 0.25) is 0 Å². The Balaban J connectivity index is 1.55. The van der Waals surface area contributed by atoms with Gasteiger partial charge in [0.2, 0.25) is 11.7 Å². The summed E-state index contributed by atoms with van der Waals surface area (Å²) >= 11 is 0. The normalized spacial score (nSPS) is 18.9. The third-order valence-corrected chi connectivity index (χ3v) is 6.75. The lowest BCUT2D eigenvalue weighted by atomic mass is 9.77. The third kappa shape index (κ3) is 3.86. The first kappa shape index (κ1) is 22.8. The number of Topliss-reactive ketones (excluding diaryl/α,β-unsaturated/α-hetero) is 1. The van der Waals surface area contributed by atoms with E-state index in [1.54, 1.807) is 26.0 Å². The molecule has 182 valence electrons. The number of anilines is 2. The molecule has 0 radical (unpaired) electrons. The van der Waals surface area contributed by atoms with E-state index in [0.717, 1.165) is 28.1 Å². The average Bonchev–Trinajstić information content (AvgIpc) is 3.34. The molecule has 0 unspecified atom stereocenters. The lowest BCUT2D eigenvalue weighted by Crippen LogP contribution is -2.33. The number of hydrogen-bond donors (Lipinski definition) is 1. The Labute approximate surface area is 204 Å². The summed E-state index contributed by atoms with van der Waals surface area (Å²) in [4.78, 5) is 20.1. The molecule has 0 spiro atoms. The van der Waals surface area contributed by atoms with Gasteiger partial charge >= 0.3 is 0 Å². The van der Waals surface area contributed by atoms with E-state index in [-0.39, 0.29) is 17.7 Å². The Bertz CT molecular complexity index is 1270. The zero-order chi connectivity index (χ0) is 24.7. The minimum Gasteiger partial charge on any atom is -0.493 e. The monoisotopic (exact) mass is 475 g/mol. The van der Waals surface area contributed by atoms with Crippen molar-refractivity contribution in [3.8, 4) is 17.2 Å². The van der Waals surface area contributed by atoms with Crippen LogP contribution in [-0.2, 0) is 4.79 Å². The van der Waals surface area contributed by atoms with Crippen LogP contribution in [0.15, 0.2) is 54.0 Å². The van der Waals surface area contributed by atoms with Crippen molar-refractivity contribution >= 4 is 17.4 Å². The lowest BCUT2D eigenvalue weighted by Gasteiger charge is -2.35. The molecule has 2 atom stereocenters. The van der Waals surface area contributed by atoms with Crippen molar-refractivity contribution in [1.29, 1.82) is 0 Å². The molecule has 0 saturated heterocycles. The standard InChI is InChI=1S/C26H29N5O4/c1-30(2)18-8-6-15(7-9-18)24-23-19(29-26-27-14-28-31(24)26)10-16(11-20(23)32)17-12-21(33-3)25(35-5)22(13-17)34-4/h6-9,12-14,16,24H,10-11H2,1-5H3,(H,27,28,29)/t16-,24-/m0/s1. The molecule has 0 saturated carbocycles. The molecule has 1 aromatic heterocycles. The van der Waals surface area contributed by atoms with Crippen LogP contribution in [0.4, 0.5) is 11.6 Å². The second-order valence-corrected chi connectivity index (χ2v) is 8.92. The van der Waals surface area contributed by atoms with Gasteiger partial charge in [0.05, 0.1) is 21.3 Å². The molecule has 35 heavy (non-hydrogen) atoms. The molecule has 2 aromatic carbocycles. The number of nitrogens with zero attached hydrogens (tertiary/aromatic N) is 4. The van der Waals surface area contributed by atoms with Crippen molar-refractivity contribution < 1.29 is 19.0 Å². The summed E-state index contributed by atoms with van der Waals surface area (Å²) in [5, 5.41) is 7.81. The van der Waals surface area contributed by atoms with Gasteiger partial charge < -0.3 is 24.4 Å². The molecule has 5 rings (SSSR count). The number of benzene rings is 2. The van der Waals surface area contributed by atoms with Crippen molar-refractivity contribution in [2.24, 2.45) is 0 Å². The van der Waals surface area contributed by atoms with Crippen LogP contribution < -0.4 is 24.4 Å². The predicted octanol–water partition coefficient (Wildman–Crippen LogP) is 3.79. The quantitative estimate of drug-likeness (QED) is 0.576. The van der Waals surface area contributed by atoms with Gasteiger partial charge in [-0.15, -0.1) is 0 Å². The number of carbonyl (C=O) groups is 1. The fourth-order valence-corrected chi connectivity index (χ4v) is 4.99. The number of fused-ring (bicyclic) bond motifs is 1. The Kier molecular flexibility index (Phi) is 5.84. The fourth-order valence-electron chi connectivity index (χ4n) is 4.99. The maximum Gasteiger partial charge on any atom is 0.226 e. The number of nitrogens with one attached hydrogen (secondary N) is 1. The van der Waals surface area contributed by atoms with Crippen LogP contribution in [0, 0.1) is 0 Å². The van der Waals surface area contributed by atoms with Gasteiger partial charge in [0, 0.05) is 37.5 Å². The van der Waals surface area contributed by atoms with E-state index in [1.165, 1.54) is 6.33 Å². The van der Waals surface area contributed by atoms with Gasteiger partial charge in [-0.2, -0.15) is 10.1 Å². The van der Waals surface area contributed by atoms with Gasteiger partial charge in [-0.3, -0.25) is 4.79 Å². The molecule has 1 N–H and O–H groups in total. The molecule has 0 amide bonds. The van der Waals surface area contributed by atoms with Crippen molar-refractivity contribution in [2.45, 2.75) is 24.8 Å². The molecule has 0 bridgehead atoms. The molecule has 2 heterocycles. The van der Waals surface area contributed by atoms with Crippen LogP contribution in [0.25, 0.3) is 0 Å². The lowest BCUT2D eigenvalue weighted by molar-refractivity contribution is -0.116. The average molecular weight is 476 g/mol. The first-order valence-corrected chi connectivity index (χ1v) is 11.4. The number of ketones is 1. The topological polar surface area (TPSA) is 90.7 Å². The highest BCUT2D eigenvalue weighted by molar-refractivity contribution is 6.00. The number of hydrogen-bond acceptors (Lipinski definition) is 8. The van der Waals surface area contributed by atoms with E-state index in [0.29, 0.717) is 36.0 Å². The summed E-state index contributed by atoms with van der Waals surface area (Å²) in [5.74, 6) is 2.34. The highest BCUT2D eigenvalue weighted by atomic mass is 16.5. The smallest absolute Gasteiger partial charge is 0.226 e. The van der Waals surface area contributed by atoms with Crippen molar-refractivity contribution in [1.82, 2.24) is 14.8 Å². The van der Waals surface area contributed by atoms with Crippen LogP contribution in [-0.4, -0.2) is 56.0 Å². The Morgan fingerprint density at radius 2 is 1.66 bits per heavy atom. The Morgan fingerprint density at radius 3 is 2.26 bits per heavy atom. The number of rotatable bonds is 6. The zero-order valence-corrected chi connectivity index (χ0v) is 20.5. The zero-order valence-electron chi connectivity index (χ0n) is 20.5. The first-order valence-electron chi connectivity index (χ1n) is 11.4. The number of allylic oxidation sites excluding steroid dienone is 2. The summed E-state index contributed by atoms with van der Waals surface area (Å²) in [5.41, 5.74) is 4.66. The first-order chi connectivity index (χ1) is 16.9. The summed E-state index contributed by atoms with van der Waals surface area (Å²) in [6, 6.07) is 11.7. The third-order valence-electron chi connectivity index (χ3n) is 6.75.